The third-order valence-corrected chi connectivity index (χ3v) is 4.54. The highest BCUT2D eigenvalue weighted by atomic mass is 32.2. The fourth-order valence-corrected chi connectivity index (χ4v) is 3.22. The third kappa shape index (κ3) is 2.53. The maximum Gasteiger partial charge on any atom is 0.211 e. The van der Waals surface area contributed by atoms with Crippen molar-refractivity contribution in [2.75, 3.05) is 0 Å². The molecule has 0 aliphatic carbocycles. The lowest BCUT2D eigenvalue weighted by atomic mass is 10.2. The summed E-state index contributed by atoms with van der Waals surface area (Å²) in [7, 11) is 1.90. The SMILES string of the molecule is Cn1c2ccc(F)cc2c2nnc(SCc3cccnc3)nc21. The van der Waals surface area contributed by atoms with Crippen molar-refractivity contribution >= 4 is 33.8 Å². The lowest BCUT2D eigenvalue weighted by Gasteiger charge is -2.00. The molecule has 0 bridgehead atoms. The molecule has 0 saturated carbocycles. The van der Waals surface area contributed by atoms with Crippen LogP contribution in [0.15, 0.2) is 47.9 Å². The van der Waals surface area contributed by atoms with E-state index in [-0.39, 0.29) is 5.82 Å². The highest BCUT2D eigenvalue weighted by Gasteiger charge is 2.13. The molecule has 4 rings (SSSR count). The van der Waals surface area contributed by atoms with Gasteiger partial charge in [0.25, 0.3) is 0 Å². The first-order valence-electron chi connectivity index (χ1n) is 7.02. The van der Waals surface area contributed by atoms with E-state index in [4.69, 9.17) is 0 Å². The number of hydrogen-bond acceptors (Lipinski definition) is 5. The van der Waals surface area contributed by atoms with Gasteiger partial charge in [-0.2, -0.15) is 0 Å². The van der Waals surface area contributed by atoms with Gasteiger partial charge in [0.05, 0.1) is 5.52 Å². The standard InChI is InChI=1S/C16H12FN5S/c1-22-13-5-4-11(17)7-12(13)14-15(22)19-16(21-20-14)23-9-10-3-2-6-18-8-10/h2-8H,9H2,1H3. The molecule has 0 radical (unpaired) electrons. The van der Waals surface area contributed by atoms with Crippen LogP contribution in [0.5, 0.6) is 0 Å². The van der Waals surface area contributed by atoms with Crippen LogP contribution in [0.25, 0.3) is 22.1 Å². The maximum absolute atomic E-state index is 13.5. The van der Waals surface area contributed by atoms with Crippen LogP contribution >= 0.6 is 11.8 Å². The Balaban J connectivity index is 1.73. The molecule has 114 valence electrons. The van der Waals surface area contributed by atoms with E-state index in [0.29, 0.717) is 16.3 Å². The van der Waals surface area contributed by atoms with E-state index in [1.165, 1.54) is 23.9 Å². The number of aromatic nitrogens is 5. The lowest BCUT2D eigenvalue weighted by molar-refractivity contribution is 0.629. The number of nitrogens with zero attached hydrogens (tertiary/aromatic N) is 5. The Morgan fingerprint density at radius 3 is 2.96 bits per heavy atom. The second-order valence-electron chi connectivity index (χ2n) is 5.14. The zero-order valence-corrected chi connectivity index (χ0v) is 13.1. The van der Waals surface area contributed by atoms with Gasteiger partial charge in [0, 0.05) is 30.6 Å². The van der Waals surface area contributed by atoms with Crippen LogP contribution in [0.3, 0.4) is 0 Å². The van der Waals surface area contributed by atoms with Gasteiger partial charge in [-0.25, -0.2) is 9.37 Å². The maximum atomic E-state index is 13.5. The number of pyridine rings is 1. The van der Waals surface area contributed by atoms with Crippen molar-refractivity contribution in [3.05, 3.63) is 54.1 Å². The van der Waals surface area contributed by atoms with Crippen molar-refractivity contribution in [3.8, 4) is 0 Å². The molecular formula is C16H12FN5S. The highest BCUT2D eigenvalue weighted by Crippen LogP contribution is 2.27. The Hall–Kier alpha value is -2.54. The molecule has 0 amide bonds. The summed E-state index contributed by atoms with van der Waals surface area (Å²) in [6.07, 6.45) is 3.56. The van der Waals surface area contributed by atoms with Crippen molar-refractivity contribution in [2.45, 2.75) is 10.9 Å². The van der Waals surface area contributed by atoms with Crippen LogP contribution in [-0.2, 0) is 12.8 Å². The number of benzene rings is 1. The van der Waals surface area contributed by atoms with Crippen molar-refractivity contribution in [1.29, 1.82) is 0 Å². The second-order valence-corrected chi connectivity index (χ2v) is 6.08. The summed E-state index contributed by atoms with van der Waals surface area (Å²) in [5, 5.41) is 9.73. The molecule has 0 atom stereocenters. The van der Waals surface area contributed by atoms with Gasteiger partial charge in [0.15, 0.2) is 5.65 Å². The predicted molar refractivity (Wildman–Crippen MR) is 87.6 cm³/mol. The van der Waals surface area contributed by atoms with Crippen LogP contribution in [-0.4, -0.2) is 24.7 Å². The van der Waals surface area contributed by atoms with Gasteiger partial charge >= 0.3 is 0 Å². The Bertz CT molecular complexity index is 1000. The number of fused-ring (bicyclic) bond motifs is 3. The average Bonchev–Trinajstić information content (AvgIpc) is 2.86. The van der Waals surface area contributed by atoms with Gasteiger partial charge in [-0.1, -0.05) is 17.8 Å². The smallest absolute Gasteiger partial charge is 0.211 e. The second kappa shape index (κ2) is 5.58. The molecule has 0 aliphatic heterocycles. The summed E-state index contributed by atoms with van der Waals surface area (Å²) in [6.45, 7) is 0. The summed E-state index contributed by atoms with van der Waals surface area (Å²) in [5.74, 6) is 0.432. The molecule has 0 saturated heterocycles. The minimum absolute atomic E-state index is 0.290. The van der Waals surface area contributed by atoms with Crippen molar-refractivity contribution in [1.82, 2.24) is 24.7 Å². The number of thioether (sulfide) groups is 1. The Kier molecular flexibility index (Phi) is 3.42. The third-order valence-electron chi connectivity index (χ3n) is 3.63. The summed E-state index contributed by atoms with van der Waals surface area (Å²) in [5.41, 5.74) is 3.31. The first kappa shape index (κ1) is 14.1. The van der Waals surface area contributed by atoms with E-state index in [1.807, 2.05) is 29.9 Å². The summed E-state index contributed by atoms with van der Waals surface area (Å²) in [6, 6.07) is 8.54. The van der Waals surface area contributed by atoms with Gasteiger partial charge in [-0.3, -0.25) is 4.98 Å². The first-order valence-corrected chi connectivity index (χ1v) is 8.01. The molecule has 0 fully saturated rings. The predicted octanol–water partition coefficient (Wildman–Crippen LogP) is 3.34. The molecule has 7 heteroatoms. The van der Waals surface area contributed by atoms with E-state index in [2.05, 4.69) is 20.2 Å². The molecule has 3 heterocycles. The Morgan fingerprint density at radius 2 is 2.13 bits per heavy atom. The monoisotopic (exact) mass is 325 g/mol. The van der Waals surface area contributed by atoms with E-state index < -0.39 is 0 Å². The van der Waals surface area contributed by atoms with E-state index in [0.717, 1.165) is 22.2 Å². The lowest BCUT2D eigenvalue weighted by Crippen LogP contribution is -1.95. The molecule has 23 heavy (non-hydrogen) atoms. The fraction of sp³-hybridized carbons (Fsp3) is 0.125. The molecule has 5 nitrogen and oxygen atoms in total. The van der Waals surface area contributed by atoms with Crippen LogP contribution in [0.2, 0.25) is 0 Å². The van der Waals surface area contributed by atoms with Crippen molar-refractivity contribution in [2.24, 2.45) is 7.05 Å². The van der Waals surface area contributed by atoms with Crippen LogP contribution in [0, 0.1) is 5.82 Å². The minimum atomic E-state index is -0.290. The molecular weight excluding hydrogens is 313 g/mol. The summed E-state index contributed by atoms with van der Waals surface area (Å²) in [4.78, 5) is 8.65. The number of hydrogen-bond donors (Lipinski definition) is 0. The van der Waals surface area contributed by atoms with Gasteiger partial charge < -0.3 is 4.57 Å². The van der Waals surface area contributed by atoms with E-state index in [9.17, 15) is 4.39 Å². The minimum Gasteiger partial charge on any atom is -0.327 e. The van der Waals surface area contributed by atoms with Crippen LogP contribution in [0.4, 0.5) is 4.39 Å². The molecule has 4 aromatic rings. The summed E-state index contributed by atoms with van der Waals surface area (Å²) >= 11 is 1.50. The number of aryl methyl sites for hydroxylation is 1. The quantitative estimate of drug-likeness (QED) is 0.541. The van der Waals surface area contributed by atoms with Gasteiger partial charge in [-0.05, 0) is 29.8 Å². The summed E-state index contributed by atoms with van der Waals surface area (Å²) < 4.78 is 15.4. The largest absolute Gasteiger partial charge is 0.327 e. The molecule has 0 aliphatic rings. The topological polar surface area (TPSA) is 56.5 Å². The van der Waals surface area contributed by atoms with Gasteiger partial charge in [0.2, 0.25) is 5.16 Å². The molecule has 3 aromatic heterocycles. The van der Waals surface area contributed by atoms with Crippen molar-refractivity contribution in [3.63, 3.8) is 0 Å². The van der Waals surface area contributed by atoms with Gasteiger partial charge in [-0.15, -0.1) is 10.2 Å². The molecule has 0 N–H and O–H groups in total. The van der Waals surface area contributed by atoms with E-state index in [1.54, 1.807) is 12.3 Å². The molecule has 0 unspecified atom stereocenters. The normalized spacial score (nSPS) is 11.4. The zero-order chi connectivity index (χ0) is 15.8. The first-order chi connectivity index (χ1) is 11.2. The fourth-order valence-electron chi connectivity index (χ4n) is 2.51. The Morgan fingerprint density at radius 1 is 1.22 bits per heavy atom. The highest BCUT2D eigenvalue weighted by molar-refractivity contribution is 7.98. The van der Waals surface area contributed by atoms with Gasteiger partial charge in [0.1, 0.15) is 11.3 Å². The zero-order valence-electron chi connectivity index (χ0n) is 12.3. The number of rotatable bonds is 3. The van der Waals surface area contributed by atoms with Crippen LogP contribution < -0.4 is 0 Å². The molecule has 0 spiro atoms. The van der Waals surface area contributed by atoms with E-state index >= 15 is 0 Å². The average molecular weight is 325 g/mol. The van der Waals surface area contributed by atoms with Crippen molar-refractivity contribution < 1.29 is 4.39 Å². The Labute approximate surface area is 135 Å². The number of halogens is 1. The van der Waals surface area contributed by atoms with Crippen LogP contribution in [0.1, 0.15) is 5.56 Å². The molecule has 1 aromatic carbocycles.